The molecule has 4 nitrogen and oxygen atoms in total. The standard InChI is InChI=1S/C16H23NO3/c1-12(2)7-9-20-10-8-17-11-14(16(18)19)13-5-3-4-6-15(13)17/h3-6,12,14H,7-11H2,1-2H3,(H,18,19). The minimum Gasteiger partial charge on any atom is -0.481 e. The van der Waals surface area contributed by atoms with Crippen molar-refractivity contribution in [3.05, 3.63) is 29.8 Å². The molecule has 1 aromatic carbocycles. The molecule has 0 saturated carbocycles. The van der Waals surface area contributed by atoms with Crippen molar-refractivity contribution in [3.63, 3.8) is 0 Å². The Kier molecular flexibility index (Phi) is 5.01. The van der Waals surface area contributed by atoms with E-state index in [1.165, 1.54) is 0 Å². The van der Waals surface area contributed by atoms with Crippen molar-refractivity contribution in [3.8, 4) is 0 Å². The van der Waals surface area contributed by atoms with Gasteiger partial charge in [-0.15, -0.1) is 0 Å². The molecule has 1 N–H and O–H groups in total. The Morgan fingerprint density at radius 1 is 1.40 bits per heavy atom. The SMILES string of the molecule is CC(C)CCOCCN1CC(C(=O)O)c2ccccc21. The maximum absolute atomic E-state index is 11.3. The second-order valence-electron chi connectivity index (χ2n) is 5.69. The number of hydrogen-bond acceptors (Lipinski definition) is 3. The first-order valence-electron chi connectivity index (χ1n) is 7.24. The summed E-state index contributed by atoms with van der Waals surface area (Å²) in [5.41, 5.74) is 1.95. The third-order valence-corrected chi connectivity index (χ3v) is 3.70. The van der Waals surface area contributed by atoms with Crippen molar-refractivity contribution in [2.45, 2.75) is 26.2 Å². The first-order chi connectivity index (χ1) is 9.59. The maximum Gasteiger partial charge on any atom is 0.312 e. The van der Waals surface area contributed by atoms with E-state index < -0.39 is 11.9 Å². The molecule has 4 heteroatoms. The summed E-state index contributed by atoms with van der Waals surface area (Å²) in [6.45, 7) is 7.07. The molecular weight excluding hydrogens is 254 g/mol. The number of carboxylic acids is 1. The molecule has 0 spiro atoms. The number of aliphatic carboxylic acids is 1. The van der Waals surface area contributed by atoms with Crippen LogP contribution in [0.2, 0.25) is 0 Å². The van der Waals surface area contributed by atoms with Gasteiger partial charge in [-0.1, -0.05) is 32.0 Å². The van der Waals surface area contributed by atoms with E-state index in [0.717, 1.165) is 30.8 Å². The quantitative estimate of drug-likeness (QED) is 0.779. The van der Waals surface area contributed by atoms with Crippen LogP contribution in [0.4, 0.5) is 5.69 Å². The van der Waals surface area contributed by atoms with Crippen LogP contribution in [0.1, 0.15) is 31.7 Å². The van der Waals surface area contributed by atoms with Gasteiger partial charge in [-0.3, -0.25) is 4.79 Å². The van der Waals surface area contributed by atoms with Crippen molar-refractivity contribution < 1.29 is 14.6 Å². The fourth-order valence-corrected chi connectivity index (χ4v) is 2.51. The lowest BCUT2D eigenvalue weighted by molar-refractivity contribution is -0.138. The van der Waals surface area contributed by atoms with Crippen LogP contribution in [0.5, 0.6) is 0 Å². The molecule has 1 aliphatic rings. The number of carboxylic acid groups (broad SMARTS) is 1. The van der Waals surface area contributed by atoms with Crippen LogP contribution in [-0.4, -0.2) is 37.4 Å². The largest absolute Gasteiger partial charge is 0.481 e. The monoisotopic (exact) mass is 277 g/mol. The minimum atomic E-state index is -0.749. The Labute approximate surface area is 120 Å². The van der Waals surface area contributed by atoms with Gasteiger partial charge in [0.15, 0.2) is 0 Å². The second-order valence-corrected chi connectivity index (χ2v) is 5.69. The van der Waals surface area contributed by atoms with Gasteiger partial charge in [0.1, 0.15) is 5.92 Å². The fraction of sp³-hybridized carbons (Fsp3) is 0.562. The molecule has 1 heterocycles. The number of hydrogen-bond donors (Lipinski definition) is 1. The van der Waals surface area contributed by atoms with Crippen LogP contribution < -0.4 is 4.90 Å². The summed E-state index contributed by atoms with van der Waals surface area (Å²) in [7, 11) is 0. The average molecular weight is 277 g/mol. The van der Waals surface area contributed by atoms with E-state index in [9.17, 15) is 9.90 Å². The molecule has 0 radical (unpaired) electrons. The Bertz CT molecular complexity index is 459. The molecule has 110 valence electrons. The van der Waals surface area contributed by atoms with E-state index in [1.807, 2.05) is 24.3 Å². The highest BCUT2D eigenvalue weighted by atomic mass is 16.5. The number of rotatable bonds is 7. The molecule has 0 bridgehead atoms. The highest BCUT2D eigenvalue weighted by Gasteiger charge is 2.32. The Morgan fingerprint density at radius 2 is 2.15 bits per heavy atom. The van der Waals surface area contributed by atoms with E-state index in [2.05, 4.69) is 18.7 Å². The number of anilines is 1. The Balaban J connectivity index is 1.89. The number of ether oxygens (including phenoxy) is 1. The molecule has 0 aromatic heterocycles. The molecule has 0 aliphatic carbocycles. The van der Waals surface area contributed by atoms with Gasteiger partial charge in [-0.2, -0.15) is 0 Å². The van der Waals surface area contributed by atoms with Crippen LogP contribution in [0.3, 0.4) is 0 Å². The number of fused-ring (bicyclic) bond motifs is 1. The second kappa shape index (κ2) is 6.75. The van der Waals surface area contributed by atoms with E-state index in [1.54, 1.807) is 0 Å². The minimum absolute atomic E-state index is 0.415. The van der Waals surface area contributed by atoms with Gasteiger partial charge in [0.25, 0.3) is 0 Å². The maximum atomic E-state index is 11.3. The molecule has 0 fully saturated rings. The van der Waals surface area contributed by atoms with Crippen LogP contribution in [0.15, 0.2) is 24.3 Å². The molecule has 1 aromatic rings. The zero-order valence-electron chi connectivity index (χ0n) is 12.2. The number of carbonyl (C=O) groups is 1. The lowest BCUT2D eigenvalue weighted by atomic mass is 10.0. The summed E-state index contributed by atoms with van der Waals surface area (Å²) >= 11 is 0. The van der Waals surface area contributed by atoms with E-state index >= 15 is 0 Å². The molecule has 2 rings (SSSR count). The van der Waals surface area contributed by atoms with Gasteiger partial charge in [0.2, 0.25) is 0 Å². The molecule has 20 heavy (non-hydrogen) atoms. The van der Waals surface area contributed by atoms with Crippen LogP contribution >= 0.6 is 0 Å². The van der Waals surface area contributed by atoms with Crippen LogP contribution in [0, 0.1) is 5.92 Å². The van der Waals surface area contributed by atoms with Gasteiger partial charge >= 0.3 is 5.97 Å². The van der Waals surface area contributed by atoms with Crippen LogP contribution in [0.25, 0.3) is 0 Å². The normalized spacial score (nSPS) is 17.6. The van der Waals surface area contributed by atoms with E-state index in [0.29, 0.717) is 19.1 Å². The fourth-order valence-electron chi connectivity index (χ4n) is 2.51. The topological polar surface area (TPSA) is 49.8 Å². The van der Waals surface area contributed by atoms with Gasteiger partial charge in [-0.05, 0) is 24.0 Å². The van der Waals surface area contributed by atoms with E-state index in [-0.39, 0.29) is 0 Å². The molecular formula is C16H23NO3. The van der Waals surface area contributed by atoms with Crippen molar-refractivity contribution in [1.82, 2.24) is 0 Å². The Morgan fingerprint density at radius 3 is 2.85 bits per heavy atom. The molecule has 1 aliphatic heterocycles. The van der Waals surface area contributed by atoms with Gasteiger partial charge < -0.3 is 14.7 Å². The number of benzene rings is 1. The summed E-state index contributed by atoms with van der Waals surface area (Å²) in [5.74, 6) is -0.513. The third kappa shape index (κ3) is 3.51. The van der Waals surface area contributed by atoms with Crippen LogP contribution in [-0.2, 0) is 9.53 Å². The summed E-state index contributed by atoms with van der Waals surface area (Å²) in [6.07, 6.45) is 1.06. The van der Waals surface area contributed by atoms with Crippen molar-refractivity contribution >= 4 is 11.7 Å². The summed E-state index contributed by atoms with van der Waals surface area (Å²) in [6, 6.07) is 7.76. The average Bonchev–Trinajstić information content (AvgIpc) is 2.77. The van der Waals surface area contributed by atoms with Crippen molar-refractivity contribution in [1.29, 1.82) is 0 Å². The predicted octanol–water partition coefficient (Wildman–Crippen LogP) is 2.74. The predicted molar refractivity (Wildman–Crippen MR) is 79.3 cm³/mol. The number of para-hydroxylation sites is 1. The van der Waals surface area contributed by atoms with Crippen molar-refractivity contribution in [2.24, 2.45) is 5.92 Å². The lowest BCUT2D eigenvalue weighted by Gasteiger charge is -2.19. The summed E-state index contributed by atoms with van der Waals surface area (Å²) in [4.78, 5) is 13.4. The molecule has 0 saturated heterocycles. The summed E-state index contributed by atoms with van der Waals surface area (Å²) < 4.78 is 5.63. The first kappa shape index (κ1) is 14.9. The Hall–Kier alpha value is -1.55. The van der Waals surface area contributed by atoms with Gasteiger partial charge in [0, 0.05) is 25.4 Å². The highest BCUT2D eigenvalue weighted by molar-refractivity contribution is 5.82. The summed E-state index contributed by atoms with van der Waals surface area (Å²) in [5, 5.41) is 9.29. The van der Waals surface area contributed by atoms with Crippen molar-refractivity contribution in [2.75, 3.05) is 31.2 Å². The first-order valence-corrected chi connectivity index (χ1v) is 7.24. The molecule has 1 atom stereocenters. The van der Waals surface area contributed by atoms with Gasteiger partial charge in [0.05, 0.1) is 6.61 Å². The number of nitrogens with zero attached hydrogens (tertiary/aromatic N) is 1. The zero-order valence-corrected chi connectivity index (χ0v) is 12.2. The highest BCUT2D eigenvalue weighted by Crippen LogP contribution is 2.35. The molecule has 0 amide bonds. The smallest absolute Gasteiger partial charge is 0.312 e. The van der Waals surface area contributed by atoms with E-state index in [4.69, 9.17) is 4.74 Å². The molecule has 1 unspecified atom stereocenters. The third-order valence-electron chi connectivity index (χ3n) is 3.70. The lowest BCUT2D eigenvalue weighted by Crippen LogP contribution is -2.28. The van der Waals surface area contributed by atoms with Gasteiger partial charge in [-0.25, -0.2) is 0 Å². The zero-order chi connectivity index (χ0) is 14.5.